The zero-order valence-corrected chi connectivity index (χ0v) is 5.15. The molecule has 0 bridgehead atoms. The van der Waals surface area contributed by atoms with E-state index in [1.54, 1.807) is 0 Å². The molecule has 1 aromatic rings. The van der Waals surface area contributed by atoms with Crippen LogP contribution in [0.5, 0.6) is 0 Å². The second-order valence-corrected chi connectivity index (χ2v) is 2.02. The van der Waals surface area contributed by atoms with Gasteiger partial charge in [0.15, 0.2) is 0 Å². The Morgan fingerprint density at radius 1 is 1.20 bits per heavy atom. The van der Waals surface area contributed by atoms with Crippen molar-refractivity contribution in [2.45, 2.75) is 0 Å². The smallest absolute Gasteiger partial charge is 0.291 e. The third kappa shape index (κ3) is 0.719. The first-order valence-corrected chi connectivity index (χ1v) is 2.95. The summed E-state index contributed by atoms with van der Waals surface area (Å²) in [5.74, 6) is 0.403. The highest BCUT2D eigenvalue weighted by Crippen LogP contribution is 2.10. The summed E-state index contributed by atoms with van der Waals surface area (Å²) >= 11 is 0. The second kappa shape index (κ2) is 1.73. The highest BCUT2D eigenvalue weighted by Gasteiger charge is 2.28. The molecular formula is C7H5NO2. The van der Waals surface area contributed by atoms with Crippen molar-refractivity contribution in [1.82, 2.24) is 0 Å². The van der Waals surface area contributed by atoms with Gasteiger partial charge in [0, 0.05) is 0 Å². The van der Waals surface area contributed by atoms with Crippen LogP contribution in [-0.2, 0) is 4.84 Å². The summed E-state index contributed by atoms with van der Waals surface area (Å²) in [6, 6.07) is 9.26. The Bertz CT molecular complexity index is 279. The van der Waals surface area contributed by atoms with E-state index < -0.39 is 0 Å². The molecule has 0 saturated heterocycles. The number of nitrogens with zero attached hydrogens (tertiary/aromatic N) is 1. The van der Waals surface area contributed by atoms with E-state index in [0.717, 1.165) is 5.56 Å². The van der Waals surface area contributed by atoms with Gasteiger partial charge in [-0.05, 0) is 12.1 Å². The summed E-state index contributed by atoms with van der Waals surface area (Å²) in [5, 5.41) is 10.3. The minimum atomic E-state index is 0.403. The van der Waals surface area contributed by atoms with Crippen molar-refractivity contribution in [2.24, 2.45) is 0 Å². The lowest BCUT2D eigenvalue weighted by atomic mass is 10.2. The molecular weight excluding hydrogens is 130 g/mol. The zero-order valence-electron chi connectivity index (χ0n) is 5.15. The van der Waals surface area contributed by atoms with Crippen LogP contribution in [0.1, 0.15) is 5.56 Å². The summed E-state index contributed by atoms with van der Waals surface area (Å²) < 4.78 is 0. The van der Waals surface area contributed by atoms with E-state index in [0.29, 0.717) is 10.8 Å². The molecule has 1 aliphatic heterocycles. The fourth-order valence-corrected chi connectivity index (χ4v) is 0.797. The van der Waals surface area contributed by atoms with E-state index in [2.05, 4.69) is 4.84 Å². The molecule has 0 saturated carbocycles. The van der Waals surface area contributed by atoms with Crippen molar-refractivity contribution < 1.29 is 9.74 Å². The molecule has 0 unspecified atom stereocenters. The van der Waals surface area contributed by atoms with E-state index in [1.807, 2.05) is 30.3 Å². The number of hydrogen-bond acceptors (Lipinski definition) is 2. The Labute approximate surface area is 57.7 Å². The van der Waals surface area contributed by atoms with Crippen LogP contribution in [0.3, 0.4) is 0 Å². The fourth-order valence-electron chi connectivity index (χ4n) is 0.797. The van der Waals surface area contributed by atoms with Crippen LogP contribution in [0, 0.1) is 5.21 Å². The number of benzene rings is 1. The first kappa shape index (κ1) is 5.29. The van der Waals surface area contributed by atoms with Crippen molar-refractivity contribution >= 4 is 5.90 Å². The molecule has 1 aromatic carbocycles. The maximum atomic E-state index is 10.3. The molecule has 0 atom stereocenters. The van der Waals surface area contributed by atoms with Crippen LogP contribution in [0.15, 0.2) is 30.3 Å². The molecule has 1 heterocycles. The molecule has 0 radical (unpaired) electrons. The lowest BCUT2D eigenvalue weighted by Crippen LogP contribution is -1.83. The van der Waals surface area contributed by atoms with Crippen molar-refractivity contribution in [3.8, 4) is 0 Å². The van der Waals surface area contributed by atoms with Crippen LogP contribution >= 0.6 is 0 Å². The summed E-state index contributed by atoms with van der Waals surface area (Å²) in [7, 11) is 0. The van der Waals surface area contributed by atoms with E-state index in [9.17, 15) is 5.21 Å². The van der Waals surface area contributed by atoms with Gasteiger partial charge in [0.25, 0.3) is 0 Å². The van der Waals surface area contributed by atoms with E-state index in [-0.39, 0.29) is 0 Å². The van der Waals surface area contributed by atoms with Crippen molar-refractivity contribution in [3.05, 3.63) is 41.1 Å². The lowest BCUT2D eigenvalue weighted by molar-refractivity contribution is -0.591. The molecule has 1 aliphatic rings. The Morgan fingerprint density at radius 2 is 1.80 bits per heavy atom. The van der Waals surface area contributed by atoms with Crippen LogP contribution in [0.25, 0.3) is 0 Å². The monoisotopic (exact) mass is 135 g/mol. The average Bonchev–Trinajstić information content (AvgIpc) is 2.69. The van der Waals surface area contributed by atoms with Crippen molar-refractivity contribution in [1.29, 1.82) is 0 Å². The molecule has 2 rings (SSSR count). The predicted molar refractivity (Wildman–Crippen MR) is 35.3 cm³/mol. The third-order valence-corrected chi connectivity index (χ3v) is 1.32. The fraction of sp³-hybridized carbons (Fsp3) is 0. The van der Waals surface area contributed by atoms with Gasteiger partial charge in [-0.25, -0.2) is 0 Å². The highest BCUT2D eigenvalue weighted by molar-refractivity contribution is 5.93. The van der Waals surface area contributed by atoms with Gasteiger partial charge in [-0.2, -0.15) is 0 Å². The van der Waals surface area contributed by atoms with E-state index in [4.69, 9.17) is 0 Å². The van der Waals surface area contributed by atoms with Crippen molar-refractivity contribution in [2.75, 3.05) is 0 Å². The third-order valence-electron chi connectivity index (χ3n) is 1.32. The Hall–Kier alpha value is -1.51. The van der Waals surface area contributed by atoms with Gasteiger partial charge in [0.2, 0.25) is 0 Å². The molecule has 3 heteroatoms. The van der Waals surface area contributed by atoms with Gasteiger partial charge < -0.3 is 0 Å². The maximum Gasteiger partial charge on any atom is 0.378 e. The maximum absolute atomic E-state index is 10.3. The topological polar surface area (TPSA) is 38.6 Å². The molecule has 0 fully saturated rings. The molecule has 0 aliphatic carbocycles. The van der Waals surface area contributed by atoms with Crippen LogP contribution in [-0.4, -0.2) is 10.8 Å². The minimum absolute atomic E-state index is 0.403. The predicted octanol–water partition coefficient (Wildman–Crippen LogP) is 0.889. The zero-order chi connectivity index (χ0) is 6.97. The summed E-state index contributed by atoms with van der Waals surface area (Å²) in [5.41, 5.74) is 0.831. The number of rotatable bonds is 1. The van der Waals surface area contributed by atoms with Gasteiger partial charge in [0.05, 0.1) is 10.5 Å². The Balaban J connectivity index is 2.37. The van der Waals surface area contributed by atoms with E-state index >= 15 is 0 Å². The van der Waals surface area contributed by atoms with Crippen LogP contribution in [0.4, 0.5) is 0 Å². The summed E-state index contributed by atoms with van der Waals surface area (Å²) in [4.78, 5) is 4.99. The molecule has 50 valence electrons. The SMILES string of the molecule is [O-][N+]1=C(c2ccccc2)O1. The molecule has 3 nitrogen and oxygen atoms in total. The van der Waals surface area contributed by atoms with Crippen LogP contribution in [0.2, 0.25) is 0 Å². The quantitative estimate of drug-likeness (QED) is 0.536. The minimum Gasteiger partial charge on any atom is -0.291 e. The van der Waals surface area contributed by atoms with Gasteiger partial charge >= 0.3 is 5.90 Å². The van der Waals surface area contributed by atoms with Gasteiger partial charge in [-0.1, -0.05) is 18.2 Å². The normalized spacial score (nSPS) is 14.8. The highest BCUT2D eigenvalue weighted by atomic mass is 17.0. The van der Waals surface area contributed by atoms with Gasteiger partial charge in [-0.3, -0.25) is 10.0 Å². The largest absolute Gasteiger partial charge is 0.378 e. The summed E-state index contributed by atoms with van der Waals surface area (Å²) in [6.45, 7) is 0. The molecule has 0 N–H and O–H groups in total. The average molecular weight is 135 g/mol. The lowest BCUT2D eigenvalue weighted by Gasteiger charge is -1.81. The van der Waals surface area contributed by atoms with Crippen LogP contribution < -0.4 is 0 Å². The molecule has 0 amide bonds. The molecule has 10 heavy (non-hydrogen) atoms. The Kier molecular flexibility index (Phi) is 0.917. The van der Waals surface area contributed by atoms with Gasteiger partial charge in [0.1, 0.15) is 0 Å². The molecule has 0 spiro atoms. The van der Waals surface area contributed by atoms with Gasteiger partial charge in [-0.15, -0.1) is 0 Å². The first-order chi connectivity index (χ1) is 4.88. The van der Waals surface area contributed by atoms with Crippen molar-refractivity contribution in [3.63, 3.8) is 0 Å². The second-order valence-electron chi connectivity index (χ2n) is 2.02. The summed E-state index contributed by atoms with van der Waals surface area (Å²) in [6.07, 6.45) is 0. The Morgan fingerprint density at radius 3 is 2.30 bits per heavy atom. The number of hydrogen-bond donors (Lipinski definition) is 0. The standard InChI is InChI=1S/C7H5NO2/c9-8-7(10-8)6-4-2-1-3-5-6/h1-5H. The first-order valence-electron chi connectivity index (χ1n) is 2.95. The molecule has 0 aromatic heterocycles. The van der Waals surface area contributed by atoms with E-state index in [1.165, 1.54) is 0 Å².